The van der Waals surface area contributed by atoms with E-state index >= 15 is 0 Å². The van der Waals surface area contributed by atoms with Gasteiger partial charge in [-0.1, -0.05) is 15.9 Å². The van der Waals surface area contributed by atoms with Crippen LogP contribution in [0.25, 0.3) is 5.69 Å². The van der Waals surface area contributed by atoms with Crippen molar-refractivity contribution in [2.75, 3.05) is 13.6 Å². The van der Waals surface area contributed by atoms with Gasteiger partial charge in [-0.25, -0.2) is 4.98 Å². The number of likely N-dealkylation sites (tertiary alicyclic amines) is 1. The average Bonchev–Trinajstić information content (AvgIpc) is 3.47. The van der Waals surface area contributed by atoms with Crippen LogP contribution < -0.4 is 10.9 Å². The van der Waals surface area contributed by atoms with Crippen LogP contribution in [0.2, 0.25) is 0 Å². The number of fused-ring (bicyclic) bond motifs is 1. The van der Waals surface area contributed by atoms with Gasteiger partial charge in [0.1, 0.15) is 5.82 Å². The Bertz CT molecular complexity index is 1620. The van der Waals surface area contributed by atoms with E-state index in [9.17, 15) is 27.6 Å². The van der Waals surface area contributed by atoms with Crippen LogP contribution >= 0.6 is 15.9 Å². The van der Waals surface area contributed by atoms with Gasteiger partial charge in [0.05, 0.1) is 29.5 Å². The normalized spacial score (nSPS) is 19.0. The molecular formula is C31H33BrF3N5O3. The van der Waals surface area contributed by atoms with Crippen LogP contribution in [0.1, 0.15) is 83.0 Å². The maximum Gasteiger partial charge on any atom is 0.417 e. The molecule has 2 amide bonds. The van der Waals surface area contributed by atoms with Gasteiger partial charge < -0.3 is 10.2 Å². The molecule has 1 aromatic heterocycles. The lowest BCUT2D eigenvalue weighted by molar-refractivity contribution is -0.138. The summed E-state index contributed by atoms with van der Waals surface area (Å²) >= 11 is 2.93. The highest BCUT2D eigenvalue weighted by Crippen LogP contribution is 2.37. The van der Waals surface area contributed by atoms with Crippen LogP contribution in [0.3, 0.4) is 0 Å². The summed E-state index contributed by atoms with van der Waals surface area (Å²) in [6, 6.07) is 9.81. The number of nitrogens with one attached hydrogen (secondary N) is 1. The number of aromatic nitrogens is 2. The molecule has 0 radical (unpaired) electrons. The van der Waals surface area contributed by atoms with Gasteiger partial charge in [0.15, 0.2) is 0 Å². The first-order chi connectivity index (χ1) is 20.3. The number of carbonyl (C=O) groups is 2. The minimum Gasteiger partial charge on any atom is -0.355 e. The number of rotatable bonds is 5. The molecule has 228 valence electrons. The molecule has 1 fully saturated rings. The van der Waals surface area contributed by atoms with Crippen LogP contribution in [0.15, 0.2) is 51.7 Å². The SMILES string of the molecule is CNC(=O)c1ccc(-n2c([C@@H]3CCCN3C(C)C)nc3c(c2=O)C[C@@H](C)N(C(=O)c2ccc(Br)c(C(F)(F)F)c2)C3)cc1. The second-order valence-electron chi connectivity index (χ2n) is 11.3. The van der Waals surface area contributed by atoms with E-state index in [-0.39, 0.29) is 46.6 Å². The number of halogens is 4. The Kier molecular flexibility index (Phi) is 8.54. The zero-order valence-electron chi connectivity index (χ0n) is 24.3. The highest BCUT2D eigenvalue weighted by atomic mass is 79.9. The van der Waals surface area contributed by atoms with Crippen molar-refractivity contribution < 1.29 is 22.8 Å². The minimum atomic E-state index is -4.63. The van der Waals surface area contributed by atoms with E-state index in [1.54, 1.807) is 42.8 Å². The highest BCUT2D eigenvalue weighted by Gasteiger charge is 2.38. The molecule has 12 heteroatoms. The van der Waals surface area contributed by atoms with Gasteiger partial charge in [0, 0.05) is 40.3 Å². The molecule has 2 aliphatic heterocycles. The lowest BCUT2D eigenvalue weighted by atomic mass is 9.97. The third kappa shape index (κ3) is 5.86. The zero-order chi connectivity index (χ0) is 31.2. The summed E-state index contributed by atoms with van der Waals surface area (Å²) in [5, 5.41) is 2.59. The topological polar surface area (TPSA) is 87.5 Å². The molecule has 0 saturated carbocycles. The van der Waals surface area contributed by atoms with E-state index in [2.05, 4.69) is 40.0 Å². The molecule has 2 atom stereocenters. The Hall–Kier alpha value is -3.51. The Labute approximate surface area is 256 Å². The first-order valence-electron chi connectivity index (χ1n) is 14.2. The van der Waals surface area contributed by atoms with Crippen molar-refractivity contribution in [2.24, 2.45) is 0 Å². The molecule has 3 aromatic rings. The third-order valence-corrected chi connectivity index (χ3v) is 8.98. The molecule has 43 heavy (non-hydrogen) atoms. The number of hydrogen-bond donors (Lipinski definition) is 1. The number of benzene rings is 2. The maximum atomic E-state index is 14.2. The van der Waals surface area contributed by atoms with Crippen LogP contribution in [0.5, 0.6) is 0 Å². The van der Waals surface area contributed by atoms with Gasteiger partial charge in [-0.15, -0.1) is 0 Å². The first-order valence-corrected chi connectivity index (χ1v) is 15.0. The second-order valence-corrected chi connectivity index (χ2v) is 12.2. The second kappa shape index (κ2) is 11.9. The van der Waals surface area contributed by atoms with E-state index in [4.69, 9.17) is 4.98 Å². The first kappa shape index (κ1) is 30.9. The fourth-order valence-corrected chi connectivity index (χ4v) is 6.53. The Morgan fingerprint density at radius 3 is 2.40 bits per heavy atom. The molecule has 1 N–H and O–H groups in total. The fourth-order valence-electron chi connectivity index (χ4n) is 6.05. The summed E-state index contributed by atoms with van der Waals surface area (Å²) in [5.41, 5.74) is 0.705. The van der Waals surface area contributed by atoms with E-state index in [1.165, 1.54) is 17.0 Å². The molecule has 0 aliphatic carbocycles. The fraction of sp³-hybridized carbons (Fsp3) is 0.419. The number of nitrogens with zero attached hydrogens (tertiary/aromatic N) is 4. The molecular weight excluding hydrogens is 627 g/mol. The third-order valence-electron chi connectivity index (χ3n) is 8.29. The Morgan fingerprint density at radius 1 is 1.09 bits per heavy atom. The summed E-state index contributed by atoms with van der Waals surface area (Å²) in [6.07, 6.45) is -2.71. The summed E-state index contributed by atoms with van der Waals surface area (Å²) < 4.78 is 42.2. The number of hydrogen-bond acceptors (Lipinski definition) is 5. The number of amides is 2. The number of alkyl halides is 3. The van der Waals surface area contributed by atoms with Crippen molar-refractivity contribution in [1.29, 1.82) is 0 Å². The molecule has 2 aromatic carbocycles. The van der Waals surface area contributed by atoms with Crippen molar-refractivity contribution in [3.05, 3.63) is 91.1 Å². The molecule has 0 spiro atoms. The van der Waals surface area contributed by atoms with Crippen molar-refractivity contribution in [3.8, 4) is 5.69 Å². The van der Waals surface area contributed by atoms with Crippen LogP contribution in [-0.2, 0) is 19.1 Å². The summed E-state index contributed by atoms with van der Waals surface area (Å²) in [6.45, 7) is 6.80. The van der Waals surface area contributed by atoms with E-state index in [0.717, 1.165) is 25.5 Å². The van der Waals surface area contributed by atoms with Gasteiger partial charge in [-0.3, -0.25) is 23.9 Å². The highest BCUT2D eigenvalue weighted by molar-refractivity contribution is 9.10. The van der Waals surface area contributed by atoms with Gasteiger partial charge in [-0.05, 0) is 89.0 Å². The minimum absolute atomic E-state index is 0.000163. The Balaban J connectivity index is 1.59. The van der Waals surface area contributed by atoms with Crippen molar-refractivity contribution >= 4 is 27.7 Å². The summed E-state index contributed by atoms with van der Waals surface area (Å²) in [5.74, 6) is -0.248. The summed E-state index contributed by atoms with van der Waals surface area (Å²) in [4.78, 5) is 48.7. The van der Waals surface area contributed by atoms with Gasteiger partial charge in [0.25, 0.3) is 17.4 Å². The molecule has 8 nitrogen and oxygen atoms in total. The van der Waals surface area contributed by atoms with Crippen molar-refractivity contribution in [3.63, 3.8) is 0 Å². The molecule has 5 rings (SSSR count). The zero-order valence-corrected chi connectivity index (χ0v) is 25.9. The predicted octanol–water partition coefficient (Wildman–Crippen LogP) is 5.51. The van der Waals surface area contributed by atoms with Gasteiger partial charge in [0.2, 0.25) is 0 Å². The largest absolute Gasteiger partial charge is 0.417 e. The quantitative estimate of drug-likeness (QED) is 0.391. The predicted molar refractivity (Wildman–Crippen MR) is 159 cm³/mol. The van der Waals surface area contributed by atoms with Crippen LogP contribution in [0, 0.1) is 0 Å². The van der Waals surface area contributed by atoms with Crippen molar-refractivity contribution in [1.82, 2.24) is 24.7 Å². The van der Waals surface area contributed by atoms with E-state index in [0.29, 0.717) is 28.3 Å². The monoisotopic (exact) mass is 659 g/mol. The van der Waals surface area contributed by atoms with E-state index in [1.807, 2.05) is 0 Å². The number of carbonyl (C=O) groups excluding carboxylic acids is 2. The van der Waals surface area contributed by atoms with Gasteiger partial charge >= 0.3 is 6.18 Å². The average molecular weight is 661 g/mol. The Morgan fingerprint density at radius 2 is 1.77 bits per heavy atom. The van der Waals surface area contributed by atoms with Crippen LogP contribution in [0.4, 0.5) is 13.2 Å². The summed E-state index contributed by atoms with van der Waals surface area (Å²) in [7, 11) is 1.55. The lowest BCUT2D eigenvalue weighted by Gasteiger charge is -2.36. The maximum absolute atomic E-state index is 14.2. The van der Waals surface area contributed by atoms with Gasteiger partial charge in [-0.2, -0.15) is 13.2 Å². The van der Waals surface area contributed by atoms with Crippen LogP contribution in [-0.4, -0.2) is 56.8 Å². The molecule has 3 heterocycles. The molecule has 2 aliphatic rings. The molecule has 0 bridgehead atoms. The smallest absolute Gasteiger partial charge is 0.355 e. The molecule has 1 saturated heterocycles. The lowest BCUT2D eigenvalue weighted by Crippen LogP contribution is -2.47. The van der Waals surface area contributed by atoms with Crippen molar-refractivity contribution in [2.45, 2.75) is 70.9 Å². The van der Waals surface area contributed by atoms with E-state index < -0.39 is 23.7 Å². The standard InChI is InChI=1S/C31H33BrF3N5O3/c1-17(2)38-13-5-6-26(38)27-37-25-16-39(29(42)20-9-12-24(32)23(15-20)31(33,34)35)18(3)14-22(25)30(43)40(27)21-10-7-19(8-11-21)28(41)36-4/h7-12,15,17-18,26H,5-6,13-14,16H2,1-4H3,(H,36,41)/t18-,26+/m1/s1. The molecule has 0 unspecified atom stereocenters.